The second-order valence-corrected chi connectivity index (χ2v) is 7.01. The van der Waals surface area contributed by atoms with Crippen LogP contribution in [0.4, 0.5) is 0 Å². The van der Waals surface area contributed by atoms with Gasteiger partial charge in [0.05, 0.1) is 5.54 Å². The Hall–Kier alpha value is -0.0700. The molecular formula is C16H31Cl2N3O2. The average molecular weight is 368 g/mol. The minimum Gasteiger partial charge on any atom is -0.381 e. The molecule has 3 rings (SSSR count). The van der Waals surface area contributed by atoms with Crippen LogP contribution in [0, 0.1) is 5.92 Å². The maximum absolute atomic E-state index is 12.7. The van der Waals surface area contributed by atoms with Crippen molar-refractivity contribution in [2.45, 2.75) is 44.1 Å². The largest absolute Gasteiger partial charge is 0.381 e. The van der Waals surface area contributed by atoms with Crippen molar-refractivity contribution in [1.29, 1.82) is 0 Å². The van der Waals surface area contributed by atoms with Gasteiger partial charge in [-0.25, -0.2) is 0 Å². The molecule has 0 unspecified atom stereocenters. The fourth-order valence-electron chi connectivity index (χ4n) is 3.91. The van der Waals surface area contributed by atoms with Crippen LogP contribution in [0.1, 0.15) is 38.5 Å². The molecule has 136 valence electrons. The number of likely N-dealkylation sites (tertiary alicyclic amines) is 2. The lowest BCUT2D eigenvalue weighted by atomic mass is 9.88. The van der Waals surface area contributed by atoms with Crippen LogP contribution in [-0.2, 0) is 9.53 Å². The summed E-state index contributed by atoms with van der Waals surface area (Å²) in [7, 11) is 0. The molecule has 0 aliphatic carbocycles. The van der Waals surface area contributed by atoms with E-state index in [0.717, 1.165) is 31.8 Å². The molecule has 0 aromatic rings. The van der Waals surface area contributed by atoms with Crippen molar-refractivity contribution in [1.82, 2.24) is 9.80 Å². The second kappa shape index (κ2) is 9.42. The number of carbonyl (C=O) groups excluding carboxylic acids is 1. The first-order chi connectivity index (χ1) is 10.2. The minimum atomic E-state index is -0.667. The second-order valence-electron chi connectivity index (χ2n) is 7.01. The first-order valence-corrected chi connectivity index (χ1v) is 8.56. The van der Waals surface area contributed by atoms with Gasteiger partial charge in [-0.1, -0.05) is 0 Å². The number of piperidine rings is 1. The molecule has 3 saturated heterocycles. The standard InChI is InChI=1S/C16H29N3O2.2ClH/c17-16(5-11-21-12-6-16)15(20)19-9-3-14(4-10-19)13-18-7-1-2-8-18;;/h14H,1-13,17H2;2*1H. The van der Waals surface area contributed by atoms with Gasteiger partial charge >= 0.3 is 0 Å². The molecule has 7 heteroatoms. The zero-order valence-corrected chi connectivity index (χ0v) is 15.5. The Balaban J connectivity index is 0.00000132. The smallest absolute Gasteiger partial charge is 0.242 e. The van der Waals surface area contributed by atoms with Crippen LogP contribution in [0.5, 0.6) is 0 Å². The highest BCUT2D eigenvalue weighted by atomic mass is 35.5. The number of nitrogens with zero attached hydrogens (tertiary/aromatic N) is 2. The number of hydrogen-bond acceptors (Lipinski definition) is 4. The molecule has 0 radical (unpaired) electrons. The molecule has 0 aromatic heterocycles. The van der Waals surface area contributed by atoms with E-state index in [9.17, 15) is 4.79 Å². The molecule has 3 fully saturated rings. The van der Waals surface area contributed by atoms with E-state index in [1.54, 1.807) is 0 Å². The number of rotatable bonds is 3. The van der Waals surface area contributed by atoms with E-state index in [0.29, 0.717) is 26.1 Å². The average Bonchev–Trinajstić information content (AvgIpc) is 3.01. The lowest BCUT2D eigenvalue weighted by Crippen LogP contribution is -2.59. The minimum absolute atomic E-state index is 0. The van der Waals surface area contributed by atoms with E-state index in [4.69, 9.17) is 10.5 Å². The zero-order valence-electron chi connectivity index (χ0n) is 13.9. The molecule has 3 heterocycles. The van der Waals surface area contributed by atoms with E-state index in [1.807, 2.05) is 4.90 Å². The van der Waals surface area contributed by atoms with Crippen LogP contribution < -0.4 is 5.73 Å². The van der Waals surface area contributed by atoms with Crippen LogP contribution in [0.25, 0.3) is 0 Å². The predicted octanol–water partition coefficient (Wildman–Crippen LogP) is 1.67. The lowest BCUT2D eigenvalue weighted by Gasteiger charge is -2.40. The normalized spacial score (nSPS) is 25.5. The van der Waals surface area contributed by atoms with Gasteiger partial charge in [-0.3, -0.25) is 4.79 Å². The van der Waals surface area contributed by atoms with Crippen LogP contribution >= 0.6 is 24.8 Å². The van der Waals surface area contributed by atoms with Gasteiger partial charge in [0.15, 0.2) is 0 Å². The highest BCUT2D eigenvalue weighted by molar-refractivity contribution is 5.86. The Morgan fingerprint density at radius 1 is 1.04 bits per heavy atom. The van der Waals surface area contributed by atoms with Gasteiger partial charge in [0.25, 0.3) is 0 Å². The third-order valence-electron chi connectivity index (χ3n) is 5.43. The van der Waals surface area contributed by atoms with Crippen molar-refractivity contribution in [3.63, 3.8) is 0 Å². The lowest BCUT2D eigenvalue weighted by molar-refractivity contribution is -0.142. The van der Waals surface area contributed by atoms with Crippen LogP contribution in [0.15, 0.2) is 0 Å². The summed E-state index contributed by atoms with van der Waals surface area (Å²) in [5.74, 6) is 0.918. The Morgan fingerprint density at radius 3 is 2.17 bits per heavy atom. The summed E-state index contributed by atoms with van der Waals surface area (Å²) < 4.78 is 5.34. The molecule has 5 nitrogen and oxygen atoms in total. The summed E-state index contributed by atoms with van der Waals surface area (Å²) >= 11 is 0. The van der Waals surface area contributed by atoms with Crippen LogP contribution in [0.3, 0.4) is 0 Å². The summed E-state index contributed by atoms with van der Waals surface area (Å²) in [6, 6.07) is 0. The Kier molecular flexibility index (Phi) is 8.59. The van der Waals surface area contributed by atoms with E-state index < -0.39 is 5.54 Å². The van der Waals surface area contributed by atoms with E-state index in [-0.39, 0.29) is 30.7 Å². The van der Waals surface area contributed by atoms with Crippen molar-refractivity contribution < 1.29 is 9.53 Å². The van der Waals surface area contributed by atoms with Gasteiger partial charge in [0.2, 0.25) is 5.91 Å². The molecule has 0 atom stereocenters. The SMILES string of the molecule is Cl.Cl.NC1(C(=O)N2CCC(CN3CCCC3)CC2)CCOCC1. The Bertz CT molecular complexity index is 364. The Morgan fingerprint density at radius 2 is 1.61 bits per heavy atom. The maximum atomic E-state index is 12.7. The quantitative estimate of drug-likeness (QED) is 0.824. The third kappa shape index (κ3) is 5.20. The molecular weight excluding hydrogens is 337 g/mol. The number of ether oxygens (including phenoxy) is 1. The summed E-state index contributed by atoms with van der Waals surface area (Å²) in [6.07, 6.45) is 6.31. The van der Waals surface area contributed by atoms with Crippen molar-refractivity contribution in [3.8, 4) is 0 Å². The number of hydrogen-bond donors (Lipinski definition) is 1. The van der Waals surface area contributed by atoms with Crippen molar-refractivity contribution in [3.05, 3.63) is 0 Å². The molecule has 23 heavy (non-hydrogen) atoms. The predicted molar refractivity (Wildman–Crippen MR) is 96.4 cm³/mol. The van der Waals surface area contributed by atoms with Gasteiger partial charge in [-0.15, -0.1) is 24.8 Å². The zero-order chi connectivity index (χ0) is 14.7. The fourth-order valence-corrected chi connectivity index (χ4v) is 3.91. The van der Waals surface area contributed by atoms with E-state index >= 15 is 0 Å². The third-order valence-corrected chi connectivity index (χ3v) is 5.43. The van der Waals surface area contributed by atoms with Gasteiger partial charge in [-0.2, -0.15) is 0 Å². The van der Waals surface area contributed by atoms with Gasteiger partial charge in [0.1, 0.15) is 0 Å². The summed E-state index contributed by atoms with van der Waals surface area (Å²) in [5.41, 5.74) is 5.65. The van der Waals surface area contributed by atoms with Crippen LogP contribution in [0.2, 0.25) is 0 Å². The highest BCUT2D eigenvalue weighted by Crippen LogP contribution is 2.25. The molecule has 2 N–H and O–H groups in total. The molecule has 1 amide bonds. The molecule has 3 aliphatic rings. The molecule has 0 aromatic carbocycles. The number of amides is 1. The van der Waals surface area contributed by atoms with Crippen molar-refractivity contribution in [2.24, 2.45) is 11.7 Å². The first-order valence-electron chi connectivity index (χ1n) is 8.56. The van der Waals surface area contributed by atoms with E-state index in [1.165, 1.54) is 32.5 Å². The molecule has 0 saturated carbocycles. The van der Waals surface area contributed by atoms with Crippen molar-refractivity contribution >= 4 is 30.7 Å². The fraction of sp³-hybridized carbons (Fsp3) is 0.938. The number of nitrogens with two attached hydrogens (primary N) is 1. The first kappa shape index (κ1) is 21.0. The summed E-state index contributed by atoms with van der Waals surface area (Å²) in [6.45, 7) is 6.77. The molecule has 0 bridgehead atoms. The molecule has 3 aliphatic heterocycles. The maximum Gasteiger partial charge on any atom is 0.242 e. The Labute approximate surface area is 152 Å². The topological polar surface area (TPSA) is 58.8 Å². The molecule has 0 spiro atoms. The van der Waals surface area contributed by atoms with Gasteiger partial charge in [-0.05, 0) is 57.5 Å². The number of carbonyl (C=O) groups is 1. The van der Waals surface area contributed by atoms with Gasteiger partial charge in [0, 0.05) is 32.8 Å². The monoisotopic (exact) mass is 367 g/mol. The van der Waals surface area contributed by atoms with Crippen molar-refractivity contribution in [2.75, 3.05) is 45.9 Å². The summed E-state index contributed by atoms with van der Waals surface area (Å²) in [5, 5.41) is 0. The number of halogens is 2. The van der Waals surface area contributed by atoms with E-state index in [2.05, 4.69) is 4.90 Å². The van der Waals surface area contributed by atoms with Gasteiger partial charge < -0.3 is 20.3 Å². The highest BCUT2D eigenvalue weighted by Gasteiger charge is 2.39. The van der Waals surface area contributed by atoms with Crippen LogP contribution in [-0.4, -0.2) is 67.2 Å². The summed E-state index contributed by atoms with van der Waals surface area (Å²) in [4.78, 5) is 17.3.